The number of hydrogen-bond donors (Lipinski definition) is 0. The van der Waals surface area contributed by atoms with Gasteiger partial charge < -0.3 is 4.74 Å². The molecule has 0 saturated carbocycles. The standard InChI is InChI=1S/C11H12N2OS5/c15-19(16)10-4-2-1-3-9(10)12-11(19)17-18-13-5-7-14-8-6-13/h1-4H,5-8H2. The molecule has 0 aliphatic carbocycles. The summed E-state index contributed by atoms with van der Waals surface area (Å²) < 4.78 is 8.52. The Hall–Kier alpha value is 0.300. The second kappa shape index (κ2) is 5.97. The minimum absolute atomic E-state index is 0.792. The number of nitrogens with zero attached hydrogens (tertiary/aromatic N) is 2. The van der Waals surface area contributed by atoms with Crippen molar-refractivity contribution in [2.75, 3.05) is 26.3 Å². The van der Waals surface area contributed by atoms with Crippen molar-refractivity contribution in [3.05, 3.63) is 24.3 Å². The molecule has 0 N–H and O–H groups in total. The van der Waals surface area contributed by atoms with Gasteiger partial charge in [-0.1, -0.05) is 12.1 Å². The number of hydrogen-bond acceptors (Lipinski definition) is 7. The highest BCUT2D eigenvalue weighted by molar-refractivity contribution is 8.89. The number of fused-ring (bicyclic) bond motifs is 1. The molecule has 0 bridgehead atoms. The maximum atomic E-state index is 5.64. The maximum Gasteiger partial charge on any atom is 0.154 e. The molecule has 0 aromatic heterocycles. The number of morpholine rings is 1. The Labute approximate surface area is 130 Å². The zero-order valence-corrected chi connectivity index (χ0v) is 14.1. The zero-order valence-electron chi connectivity index (χ0n) is 9.98. The summed E-state index contributed by atoms with van der Waals surface area (Å²) >= 11 is 11.3. The van der Waals surface area contributed by atoms with Crippen molar-refractivity contribution < 1.29 is 4.74 Å². The lowest BCUT2D eigenvalue weighted by atomic mass is 10.3. The van der Waals surface area contributed by atoms with Gasteiger partial charge in [-0.25, -0.2) is 9.30 Å². The van der Waals surface area contributed by atoms with Crippen molar-refractivity contribution in [1.82, 2.24) is 4.31 Å². The first-order chi connectivity index (χ1) is 9.18. The minimum atomic E-state index is -1.75. The molecule has 1 fully saturated rings. The number of ether oxygens (including phenoxy) is 1. The van der Waals surface area contributed by atoms with Crippen LogP contribution in [0.15, 0.2) is 34.2 Å². The second-order valence-corrected chi connectivity index (χ2v) is 11.9. The molecule has 2 aliphatic heterocycles. The van der Waals surface area contributed by atoms with E-state index >= 15 is 0 Å². The molecule has 2 heterocycles. The van der Waals surface area contributed by atoms with E-state index in [1.54, 1.807) is 21.8 Å². The molecule has 102 valence electrons. The fourth-order valence-corrected chi connectivity index (χ4v) is 8.80. The van der Waals surface area contributed by atoms with E-state index in [-0.39, 0.29) is 0 Å². The Morgan fingerprint density at radius 2 is 1.95 bits per heavy atom. The quantitative estimate of drug-likeness (QED) is 0.463. The SMILES string of the molecule is S=S1(=S)C(SSN2CCOCC2)=Nc2ccccc21. The van der Waals surface area contributed by atoms with E-state index in [2.05, 4.69) is 9.30 Å². The van der Waals surface area contributed by atoms with E-state index in [4.69, 9.17) is 27.1 Å². The van der Waals surface area contributed by atoms with Gasteiger partial charge in [-0.15, -0.1) is 0 Å². The highest BCUT2D eigenvalue weighted by Gasteiger charge is 2.26. The molecule has 0 unspecified atom stereocenters. The van der Waals surface area contributed by atoms with E-state index in [0.717, 1.165) is 41.3 Å². The Morgan fingerprint density at radius 1 is 1.21 bits per heavy atom. The third-order valence-electron chi connectivity index (χ3n) is 2.78. The van der Waals surface area contributed by atoms with E-state index in [1.165, 1.54) is 0 Å². The predicted octanol–water partition coefficient (Wildman–Crippen LogP) is 2.75. The molecule has 1 aromatic rings. The van der Waals surface area contributed by atoms with Crippen molar-refractivity contribution >= 4 is 61.4 Å². The Bertz CT molecular complexity index is 607. The molecule has 0 spiro atoms. The van der Waals surface area contributed by atoms with Crippen molar-refractivity contribution in [2.24, 2.45) is 4.99 Å². The molecule has 3 rings (SSSR count). The van der Waals surface area contributed by atoms with Crippen LogP contribution in [0.1, 0.15) is 0 Å². The van der Waals surface area contributed by atoms with Crippen LogP contribution in [-0.2, 0) is 34.3 Å². The average molecular weight is 349 g/mol. The van der Waals surface area contributed by atoms with Crippen LogP contribution in [0.4, 0.5) is 5.69 Å². The second-order valence-electron chi connectivity index (χ2n) is 4.05. The van der Waals surface area contributed by atoms with Gasteiger partial charge in [0, 0.05) is 18.0 Å². The summed E-state index contributed by atoms with van der Waals surface area (Å²) in [6.45, 7) is 3.46. The van der Waals surface area contributed by atoms with Crippen LogP contribution in [0.25, 0.3) is 0 Å². The predicted molar refractivity (Wildman–Crippen MR) is 91.5 cm³/mol. The third-order valence-corrected chi connectivity index (χ3v) is 10.4. The first kappa shape index (κ1) is 14.2. The van der Waals surface area contributed by atoms with Gasteiger partial charge in [0.2, 0.25) is 0 Å². The number of aliphatic imine (C=N–C) groups is 1. The summed E-state index contributed by atoms with van der Waals surface area (Å²) in [7, 11) is 1.57. The van der Waals surface area contributed by atoms with Gasteiger partial charge in [0.25, 0.3) is 0 Å². The lowest BCUT2D eigenvalue weighted by Gasteiger charge is -2.24. The summed E-state index contributed by atoms with van der Waals surface area (Å²) in [6.07, 6.45) is 0. The molecular weight excluding hydrogens is 336 g/mol. The number of rotatable bonds is 2. The molecule has 19 heavy (non-hydrogen) atoms. The van der Waals surface area contributed by atoms with Gasteiger partial charge in [-0.3, -0.25) is 0 Å². The lowest BCUT2D eigenvalue weighted by molar-refractivity contribution is 0.0779. The van der Waals surface area contributed by atoms with E-state index in [1.807, 2.05) is 24.3 Å². The Morgan fingerprint density at radius 3 is 2.68 bits per heavy atom. The fourth-order valence-electron chi connectivity index (χ4n) is 1.80. The van der Waals surface area contributed by atoms with Gasteiger partial charge >= 0.3 is 0 Å². The van der Waals surface area contributed by atoms with Crippen molar-refractivity contribution in [3.63, 3.8) is 0 Å². The summed E-state index contributed by atoms with van der Waals surface area (Å²) in [5, 5.41) is 0. The van der Waals surface area contributed by atoms with Crippen LogP contribution in [0.3, 0.4) is 0 Å². The van der Waals surface area contributed by atoms with Gasteiger partial charge in [0.15, 0.2) is 4.38 Å². The topological polar surface area (TPSA) is 24.8 Å². The molecule has 8 heteroatoms. The number of para-hydroxylation sites is 1. The van der Waals surface area contributed by atoms with Crippen molar-refractivity contribution in [2.45, 2.75) is 4.90 Å². The van der Waals surface area contributed by atoms with Crippen molar-refractivity contribution in [3.8, 4) is 0 Å². The zero-order chi connectivity index (χ0) is 13.3. The molecule has 3 nitrogen and oxygen atoms in total. The van der Waals surface area contributed by atoms with Gasteiger partial charge in [0.05, 0.1) is 18.9 Å². The van der Waals surface area contributed by atoms with E-state index in [9.17, 15) is 0 Å². The molecular formula is C11H12N2OS5. The van der Waals surface area contributed by atoms with Gasteiger partial charge in [0.1, 0.15) is 0 Å². The minimum Gasteiger partial charge on any atom is -0.379 e. The molecule has 0 amide bonds. The molecule has 0 atom stereocenters. The van der Waals surface area contributed by atoms with Crippen LogP contribution < -0.4 is 0 Å². The van der Waals surface area contributed by atoms with Crippen LogP contribution in [-0.4, -0.2) is 35.0 Å². The Kier molecular flexibility index (Phi) is 4.47. The highest BCUT2D eigenvalue weighted by atomic mass is 33.1. The van der Waals surface area contributed by atoms with E-state index < -0.39 is 7.15 Å². The normalized spacial score (nSPS) is 22.0. The summed E-state index contributed by atoms with van der Waals surface area (Å²) in [6, 6.07) is 7.96. The van der Waals surface area contributed by atoms with Gasteiger partial charge in [-0.05, 0) is 63.4 Å². The summed E-state index contributed by atoms with van der Waals surface area (Å²) in [5.74, 6) is 0. The van der Waals surface area contributed by atoms with E-state index in [0.29, 0.717) is 0 Å². The van der Waals surface area contributed by atoms with Crippen LogP contribution in [0, 0.1) is 0 Å². The first-order valence-electron chi connectivity index (χ1n) is 5.78. The average Bonchev–Trinajstić information content (AvgIpc) is 2.70. The van der Waals surface area contributed by atoms with Crippen LogP contribution >= 0.6 is 21.8 Å². The molecule has 0 radical (unpaired) electrons. The van der Waals surface area contributed by atoms with Crippen LogP contribution in [0.5, 0.6) is 0 Å². The van der Waals surface area contributed by atoms with Crippen LogP contribution in [0.2, 0.25) is 0 Å². The highest BCUT2D eigenvalue weighted by Crippen LogP contribution is 2.41. The number of benzene rings is 1. The fraction of sp³-hybridized carbons (Fsp3) is 0.364. The monoisotopic (exact) mass is 348 g/mol. The first-order valence-corrected chi connectivity index (χ1v) is 11.4. The molecule has 1 aromatic carbocycles. The van der Waals surface area contributed by atoms with Crippen molar-refractivity contribution in [1.29, 1.82) is 0 Å². The van der Waals surface area contributed by atoms with Gasteiger partial charge in [-0.2, -0.15) is 0 Å². The molecule has 1 saturated heterocycles. The third kappa shape index (κ3) is 2.99. The summed E-state index contributed by atoms with van der Waals surface area (Å²) in [5.41, 5.74) is 0.951. The largest absolute Gasteiger partial charge is 0.379 e. The smallest absolute Gasteiger partial charge is 0.154 e. The molecule has 2 aliphatic rings. The Balaban J connectivity index is 1.73. The lowest BCUT2D eigenvalue weighted by Crippen LogP contribution is -2.30. The summed E-state index contributed by atoms with van der Waals surface area (Å²) in [4.78, 5) is 5.66. The maximum absolute atomic E-state index is 5.64.